The molecule has 1 atom stereocenters. The summed E-state index contributed by atoms with van der Waals surface area (Å²) in [4.78, 5) is 26.3. The molecule has 0 aliphatic carbocycles. The van der Waals surface area contributed by atoms with Gasteiger partial charge >= 0.3 is 6.03 Å². The first kappa shape index (κ1) is 23.4. The van der Waals surface area contributed by atoms with Gasteiger partial charge in [-0.1, -0.05) is 46.9 Å². The summed E-state index contributed by atoms with van der Waals surface area (Å²) in [6, 6.07) is 11.9. The molecule has 6 nitrogen and oxygen atoms in total. The van der Waals surface area contributed by atoms with E-state index < -0.39 is 0 Å². The van der Waals surface area contributed by atoms with Crippen LogP contribution in [0.4, 0.5) is 10.5 Å². The van der Waals surface area contributed by atoms with Crippen LogP contribution in [0.25, 0.3) is 0 Å². The Bertz CT molecular complexity index is 993. The maximum absolute atomic E-state index is 12.8. The first-order valence-electron chi connectivity index (χ1n) is 9.82. The maximum Gasteiger partial charge on any atom is 0.342 e. The van der Waals surface area contributed by atoms with Gasteiger partial charge in [0.2, 0.25) is 5.91 Å². The van der Waals surface area contributed by atoms with Crippen LogP contribution >= 0.6 is 34.8 Å². The van der Waals surface area contributed by atoms with Crippen LogP contribution in [0.5, 0.6) is 0 Å². The second kappa shape index (κ2) is 10.4. The van der Waals surface area contributed by atoms with E-state index in [0.717, 1.165) is 17.7 Å². The molecule has 9 heteroatoms. The summed E-state index contributed by atoms with van der Waals surface area (Å²) in [6.45, 7) is 0.418. The smallest absolute Gasteiger partial charge is 0.342 e. The average molecular weight is 482 g/mol. The van der Waals surface area contributed by atoms with Crippen molar-refractivity contribution < 1.29 is 9.59 Å². The highest BCUT2D eigenvalue weighted by Gasteiger charge is 2.31. The Kier molecular flexibility index (Phi) is 7.81. The molecule has 1 unspecified atom stereocenters. The van der Waals surface area contributed by atoms with Gasteiger partial charge in [-0.25, -0.2) is 9.80 Å². The minimum absolute atomic E-state index is 0.00990. The van der Waals surface area contributed by atoms with Crippen LogP contribution in [0.1, 0.15) is 24.8 Å². The van der Waals surface area contributed by atoms with Gasteiger partial charge in [-0.05, 0) is 48.7 Å². The molecule has 0 saturated heterocycles. The lowest BCUT2D eigenvalue weighted by molar-refractivity contribution is -0.128. The number of rotatable bonds is 6. The van der Waals surface area contributed by atoms with Gasteiger partial charge in [-0.3, -0.25) is 4.79 Å². The van der Waals surface area contributed by atoms with E-state index in [9.17, 15) is 9.59 Å². The van der Waals surface area contributed by atoms with Gasteiger partial charge in [0.15, 0.2) is 0 Å². The Labute approximate surface area is 196 Å². The van der Waals surface area contributed by atoms with Gasteiger partial charge in [0.05, 0.1) is 22.3 Å². The Hall–Kier alpha value is -2.28. The van der Waals surface area contributed by atoms with Crippen molar-refractivity contribution in [2.75, 3.05) is 26.0 Å². The Morgan fingerprint density at radius 2 is 1.81 bits per heavy atom. The summed E-state index contributed by atoms with van der Waals surface area (Å²) in [6.07, 6.45) is 1.89. The molecule has 0 saturated carbocycles. The number of urea groups is 1. The van der Waals surface area contributed by atoms with Crippen molar-refractivity contribution in [1.29, 1.82) is 0 Å². The minimum Gasteiger partial charge on any atom is -0.349 e. The molecular weight excluding hydrogens is 459 g/mol. The van der Waals surface area contributed by atoms with Crippen molar-refractivity contribution in [3.8, 4) is 0 Å². The normalized spacial score (nSPS) is 15.6. The Morgan fingerprint density at radius 3 is 2.45 bits per heavy atom. The van der Waals surface area contributed by atoms with E-state index in [-0.39, 0.29) is 17.9 Å². The van der Waals surface area contributed by atoms with E-state index in [0.29, 0.717) is 40.1 Å². The summed E-state index contributed by atoms with van der Waals surface area (Å²) >= 11 is 18.0. The molecule has 31 heavy (non-hydrogen) atoms. The molecule has 3 rings (SSSR count). The monoisotopic (exact) mass is 480 g/mol. The second-order valence-corrected chi connectivity index (χ2v) is 8.76. The lowest BCUT2D eigenvalue weighted by Crippen LogP contribution is -2.30. The SMILES string of the molecule is CN(C)C(=O)CCCC1CN(C(=O)Nc2ccc(Cl)c(Cl)c2)N=C1c1ccc(Cl)cc1. The summed E-state index contributed by atoms with van der Waals surface area (Å²) in [7, 11) is 3.49. The van der Waals surface area contributed by atoms with Gasteiger partial charge in [0.1, 0.15) is 0 Å². The van der Waals surface area contributed by atoms with Gasteiger partial charge in [-0.2, -0.15) is 5.10 Å². The number of carbonyl (C=O) groups is 2. The van der Waals surface area contributed by atoms with Gasteiger partial charge < -0.3 is 10.2 Å². The number of anilines is 1. The van der Waals surface area contributed by atoms with E-state index in [4.69, 9.17) is 34.8 Å². The third-order valence-electron chi connectivity index (χ3n) is 5.00. The molecule has 0 spiro atoms. The molecule has 1 N–H and O–H groups in total. The number of benzene rings is 2. The quantitative estimate of drug-likeness (QED) is 0.569. The predicted molar refractivity (Wildman–Crippen MR) is 126 cm³/mol. The second-order valence-electron chi connectivity index (χ2n) is 7.51. The molecule has 0 radical (unpaired) electrons. The lowest BCUT2D eigenvalue weighted by atomic mass is 9.92. The Morgan fingerprint density at radius 1 is 1.10 bits per heavy atom. The fourth-order valence-corrected chi connectivity index (χ4v) is 3.73. The van der Waals surface area contributed by atoms with E-state index >= 15 is 0 Å². The predicted octanol–water partition coefficient (Wildman–Crippen LogP) is 5.77. The molecule has 2 aromatic rings. The molecule has 3 amide bonds. The van der Waals surface area contributed by atoms with Crippen molar-refractivity contribution in [2.24, 2.45) is 11.0 Å². The van der Waals surface area contributed by atoms with Crippen LogP contribution in [0.3, 0.4) is 0 Å². The molecule has 164 valence electrons. The van der Waals surface area contributed by atoms with Crippen LogP contribution < -0.4 is 5.32 Å². The highest BCUT2D eigenvalue weighted by Crippen LogP contribution is 2.28. The van der Waals surface area contributed by atoms with Crippen LogP contribution in [-0.2, 0) is 4.79 Å². The molecule has 2 aromatic carbocycles. The fraction of sp³-hybridized carbons (Fsp3) is 0.318. The van der Waals surface area contributed by atoms with Crippen molar-refractivity contribution in [1.82, 2.24) is 9.91 Å². The standard InChI is InChI=1S/C22H23Cl3N4O2/c1-28(2)20(30)5-3-4-15-13-29(27-21(15)14-6-8-16(23)9-7-14)22(31)26-17-10-11-18(24)19(25)12-17/h6-12,15H,3-5,13H2,1-2H3,(H,26,31). The van der Waals surface area contributed by atoms with Crippen molar-refractivity contribution in [2.45, 2.75) is 19.3 Å². The first-order chi connectivity index (χ1) is 14.7. The summed E-state index contributed by atoms with van der Waals surface area (Å²) in [5.74, 6) is 0.0906. The number of hydrazone groups is 1. The fourth-order valence-electron chi connectivity index (χ4n) is 3.30. The number of amides is 3. The molecule has 1 aliphatic rings. The average Bonchev–Trinajstić information content (AvgIpc) is 3.15. The molecule has 0 fully saturated rings. The number of nitrogens with one attached hydrogen (secondary N) is 1. The Balaban J connectivity index is 1.74. The number of halogens is 3. The highest BCUT2D eigenvalue weighted by atomic mass is 35.5. The van der Waals surface area contributed by atoms with Crippen LogP contribution in [0.2, 0.25) is 15.1 Å². The molecule has 1 heterocycles. The van der Waals surface area contributed by atoms with Gasteiger partial charge in [0, 0.05) is 37.1 Å². The number of hydrogen-bond acceptors (Lipinski definition) is 3. The van der Waals surface area contributed by atoms with Crippen molar-refractivity contribution >= 4 is 58.1 Å². The lowest BCUT2D eigenvalue weighted by Gasteiger charge is -2.16. The molecule has 1 aliphatic heterocycles. The summed E-state index contributed by atoms with van der Waals surface area (Å²) < 4.78 is 0. The first-order valence-corrected chi connectivity index (χ1v) is 11.0. The minimum atomic E-state index is -0.364. The van der Waals surface area contributed by atoms with Crippen molar-refractivity contribution in [3.63, 3.8) is 0 Å². The zero-order valence-electron chi connectivity index (χ0n) is 17.2. The van der Waals surface area contributed by atoms with Crippen LogP contribution in [0.15, 0.2) is 47.6 Å². The summed E-state index contributed by atoms with van der Waals surface area (Å²) in [5, 5.41) is 10.2. The van der Waals surface area contributed by atoms with E-state index in [1.807, 2.05) is 12.1 Å². The largest absolute Gasteiger partial charge is 0.349 e. The zero-order valence-corrected chi connectivity index (χ0v) is 19.5. The van der Waals surface area contributed by atoms with Crippen LogP contribution in [0, 0.1) is 5.92 Å². The van der Waals surface area contributed by atoms with E-state index in [1.54, 1.807) is 49.3 Å². The third-order valence-corrected chi connectivity index (χ3v) is 5.99. The molecule has 0 bridgehead atoms. The highest BCUT2D eigenvalue weighted by molar-refractivity contribution is 6.42. The number of carbonyl (C=O) groups excluding carboxylic acids is 2. The van der Waals surface area contributed by atoms with E-state index in [1.165, 1.54) is 5.01 Å². The molecular formula is C22H23Cl3N4O2. The maximum atomic E-state index is 12.8. The number of nitrogens with zero attached hydrogens (tertiary/aromatic N) is 3. The van der Waals surface area contributed by atoms with E-state index in [2.05, 4.69) is 10.4 Å². The third kappa shape index (κ3) is 6.12. The number of hydrogen-bond donors (Lipinski definition) is 1. The summed E-state index contributed by atoms with van der Waals surface area (Å²) in [5.41, 5.74) is 2.24. The van der Waals surface area contributed by atoms with Gasteiger partial charge in [0.25, 0.3) is 0 Å². The topological polar surface area (TPSA) is 65.0 Å². The zero-order chi connectivity index (χ0) is 22.5. The van der Waals surface area contributed by atoms with Crippen LogP contribution in [-0.4, -0.2) is 48.2 Å². The molecule has 0 aromatic heterocycles. The van der Waals surface area contributed by atoms with Crippen molar-refractivity contribution in [3.05, 3.63) is 63.1 Å². The van der Waals surface area contributed by atoms with Gasteiger partial charge in [-0.15, -0.1) is 0 Å².